The van der Waals surface area contributed by atoms with Crippen LogP contribution in [0, 0.1) is 18.6 Å². The first-order valence-electron chi connectivity index (χ1n) is 6.08. The first kappa shape index (κ1) is 16.8. The Morgan fingerprint density at radius 3 is 2.40 bits per heavy atom. The second-order valence-electron chi connectivity index (χ2n) is 4.36. The maximum absolute atomic E-state index is 13.8. The van der Waals surface area contributed by atoms with Crippen LogP contribution in [0.2, 0.25) is 0 Å². The van der Waals surface area contributed by atoms with Gasteiger partial charge in [0.1, 0.15) is 18.2 Å². The molecular weight excluding hydrogens is 281 g/mol. The maximum Gasteiger partial charge on any atom is 0.411 e. The highest BCUT2D eigenvalue weighted by Gasteiger charge is 2.28. The molecule has 0 aliphatic rings. The van der Waals surface area contributed by atoms with Gasteiger partial charge in [0.15, 0.2) is 0 Å². The SMILES string of the molecule is CCNC(COCC(F)(F)F)c1cc(F)c(C)cc1F. The van der Waals surface area contributed by atoms with Gasteiger partial charge < -0.3 is 10.1 Å². The summed E-state index contributed by atoms with van der Waals surface area (Å²) < 4.78 is 67.8. The molecule has 0 saturated carbocycles. The van der Waals surface area contributed by atoms with Gasteiger partial charge in [0.25, 0.3) is 0 Å². The number of alkyl halides is 3. The van der Waals surface area contributed by atoms with E-state index in [1.807, 2.05) is 0 Å². The fourth-order valence-corrected chi connectivity index (χ4v) is 1.73. The van der Waals surface area contributed by atoms with E-state index in [4.69, 9.17) is 0 Å². The summed E-state index contributed by atoms with van der Waals surface area (Å²) in [6.45, 7) is 1.68. The van der Waals surface area contributed by atoms with E-state index in [-0.39, 0.29) is 11.1 Å². The molecule has 0 bridgehead atoms. The highest BCUT2D eigenvalue weighted by molar-refractivity contribution is 5.27. The zero-order chi connectivity index (χ0) is 15.3. The Kier molecular flexibility index (Phi) is 5.88. The zero-order valence-electron chi connectivity index (χ0n) is 11.2. The summed E-state index contributed by atoms with van der Waals surface area (Å²) in [7, 11) is 0. The Morgan fingerprint density at radius 1 is 1.20 bits per heavy atom. The first-order chi connectivity index (χ1) is 9.24. The minimum atomic E-state index is -4.45. The van der Waals surface area contributed by atoms with Crippen LogP contribution in [0.15, 0.2) is 12.1 Å². The second kappa shape index (κ2) is 6.99. The quantitative estimate of drug-likeness (QED) is 0.811. The molecule has 1 atom stereocenters. The molecule has 0 heterocycles. The van der Waals surface area contributed by atoms with Gasteiger partial charge in [0.2, 0.25) is 0 Å². The predicted octanol–water partition coefficient (Wildman–Crippen LogP) is 3.50. The molecule has 1 aromatic rings. The number of rotatable bonds is 6. The highest BCUT2D eigenvalue weighted by Crippen LogP contribution is 2.22. The zero-order valence-corrected chi connectivity index (χ0v) is 11.2. The summed E-state index contributed by atoms with van der Waals surface area (Å²) in [4.78, 5) is 0. The fourth-order valence-electron chi connectivity index (χ4n) is 1.73. The summed E-state index contributed by atoms with van der Waals surface area (Å²) in [5, 5.41) is 2.77. The van der Waals surface area contributed by atoms with Crippen molar-refractivity contribution in [1.82, 2.24) is 5.32 Å². The van der Waals surface area contributed by atoms with Crippen molar-refractivity contribution in [3.05, 3.63) is 34.9 Å². The van der Waals surface area contributed by atoms with E-state index in [1.54, 1.807) is 6.92 Å². The fraction of sp³-hybridized carbons (Fsp3) is 0.538. The first-order valence-corrected chi connectivity index (χ1v) is 6.08. The van der Waals surface area contributed by atoms with E-state index in [0.29, 0.717) is 6.54 Å². The average Bonchev–Trinajstić information content (AvgIpc) is 2.31. The minimum absolute atomic E-state index is 0.0443. The summed E-state index contributed by atoms with van der Waals surface area (Å²) in [6, 6.07) is 1.16. The van der Waals surface area contributed by atoms with Crippen LogP contribution in [0.1, 0.15) is 24.1 Å². The smallest absolute Gasteiger partial charge is 0.370 e. The molecule has 1 aromatic carbocycles. The standard InChI is InChI=1S/C13H16F5NO/c1-3-19-12(6-20-7-13(16,17)18)9-5-10(14)8(2)4-11(9)15/h4-5,12,19H,3,6-7H2,1-2H3. The molecule has 0 amide bonds. The number of ether oxygens (including phenoxy) is 1. The van der Waals surface area contributed by atoms with Gasteiger partial charge in [-0.3, -0.25) is 0 Å². The van der Waals surface area contributed by atoms with E-state index in [9.17, 15) is 22.0 Å². The van der Waals surface area contributed by atoms with Crippen LogP contribution < -0.4 is 5.32 Å². The van der Waals surface area contributed by atoms with Crippen LogP contribution >= 0.6 is 0 Å². The average molecular weight is 297 g/mol. The highest BCUT2D eigenvalue weighted by atomic mass is 19.4. The molecule has 1 N–H and O–H groups in total. The largest absolute Gasteiger partial charge is 0.411 e. The van der Waals surface area contributed by atoms with Crippen molar-refractivity contribution in [3.63, 3.8) is 0 Å². The summed E-state index contributed by atoms with van der Waals surface area (Å²) >= 11 is 0. The van der Waals surface area contributed by atoms with Gasteiger partial charge in [0, 0.05) is 5.56 Å². The van der Waals surface area contributed by atoms with Crippen molar-refractivity contribution in [3.8, 4) is 0 Å². The Hall–Kier alpha value is -1.21. The van der Waals surface area contributed by atoms with Gasteiger partial charge in [-0.25, -0.2) is 8.78 Å². The normalized spacial score (nSPS) is 13.6. The van der Waals surface area contributed by atoms with Crippen molar-refractivity contribution in [2.24, 2.45) is 0 Å². The van der Waals surface area contributed by atoms with E-state index in [1.165, 1.54) is 6.92 Å². The number of nitrogens with one attached hydrogen (secondary N) is 1. The molecule has 1 unspecified atom stereocenters. The van der Waals surface area contributed by atoms with Crippen molar-refractivity contribution in [1.29, 1.82) is 0 Å². The molecule has 114 valence electrons. The van der Waals surface area contributed by atoms with Crippen LogP contribution in [0.3, 0.4) is 0 Å². The van der Waals surface area contributed by atoms with E-state index < -0.39 is 37.1 Å². The Balaban J connectivity index is 2.83. The van der Waals surface area contributed by atoms with Crippen LogP contribution in [0.4, 0.5) is 22.0 Å². The van der Waals surface area contributed by atoms with E-state index in [2.05, 4.69) is 10.1 Å². The number of hydrogen-bond acceptors (Lipinski definition) is 2. The van der Waals surface area contributed by atoms with Crippen LogP contribution in [-0.4, -0.2) is 25.9 Å². The van der Waals surface area contributed by atoms with E-state index >= 15 is 0 Å². The molecule has 1 rings (SSSR count). The molecule has 0 aliphatic carbocycles. The Morgan fingerprint density at radius 2 is 1.85 bits per heavy atom. The lowest BCUT2D eigenvalue weighted by Crippen LogP contribution is -2.28. The van der Waals surface area contributed by atoms with Crippen molar-refractivity contribution >= 4 is 0 Å². The Labute approximate surface area is 113 Å². The topological polar surface area (TPSA) is 21.3 Å². The molecule has 20 heavy (non-hydrogen) atoms. The summed E-state index contributed by atoms with van der Waals surface area (Å²) in [6.07, 6.45) is -4.45. The second-order valence-corrected chi connectivity index (χ2v) is 4.36. The molecule has 2 nitrogen and oxygen atoms in total. The minimum Gasteiger partial charge on any atom is -0.370 e. The van der Waals surface area contributed by atoms with Gasteiger partial charge >= 0.3 is 6.18 Å². The lowest BCUT2D eigenvalue weighted by molar-refractivity contribution is -0.175. The van der Waals surface area contributed by atoms with Gasteiger partial charge in [0.05, 0.1) is 12.6 Å². The van der Waals surface area contributed by atoms with Gasteiger partial charge in [-0.2, -0.15) is 13.2 Å². The molecular formula is C13H16F5NO. The molecule has 0 spiro atoms. The number of aryl methyl sites for hydroxylation is 1. The summed E-state index contributed by atoms with van der Waals surface area (Å²) in [5.74, 6) is -1.29. The van der Waals surface area contributed by atoms with Crippen LogP contribution in [0.5, 0.6) is 0 Å². The van der Waals surface area contributed by atoms with Gasteiger partial charge in [-0.1, -0.05) is 6.92 Å². The number of hydrogen-bond donors (Lipinski definition) is 1. The molecule has 0 aromatic heterocycles. The molecule has 7 heteroatoms. The van der Waals surface area contributed by atoms with Gasteiger partial charge in [-0.15, -0.1) is 0 Å². The molecule has 0 fully saturated rings. The molecule has 0 saturated heterocycles. The lowest BCUT2D eigenvalue weighted by atomic mass is 10.0. The third-order valence-electron chi connectivity index (χ3n) is 2.65. The molecule has 0 radical (unpaired) electrons. The third-order valence-corrected chi connectivity index (χ3v) is 2.65. The maximum atomic E-state index is 13.8. The Bertz CT molecular complexity index is 447. The van der Waals surface area contributed by atoms with Crippen molar-refractivity contribution in [2.75, 3.05) is 19.8 Å². The number of likely N-dealkylation sites (N-methyl/N-ethyl adjacent to an activating group) is 1. The summed E-state index contributed by atoms with van der Waals surface area (Å²) in [5.41, 5.74) is 0.0924. The van der Waals surface area contributed by atoms with Crippen LogP contribution in [0.25, 0.3) is 0 Å². The third kappa shape index (κ3) is 5.05. The van der Waals surface area contributed by atoms with Crippen molar-refractivity contribution < 1.29 is 26.7 Å². The van der Waals surface area contributed by atoms with Crippen molar-refractivity contribution in [2.45, 2.75) is 26.1 Å². The molecule has 0 aliphatic heterocycles. The van der Waals surface area contributed by atoms with Gasteiger partial charge in [-0.05, 0) is 31.2 Å². The lowest BCUT2D eigenvalue weighted by Gasteiger charge is -2.20. The van der Waals surface area contributed by atoms with Crippen LogP contribution in [-0.2, 0) is 4.74 Å². The number of halogens is 5. The predicted molar refractivity (Wildman–Crippen MR) is 64.4 cm³/mol. The monoisotopic (exact) mass is 297 g/mol. The van der Waals surface area contributed by atoms with E-state index in [0.717, 1.165) is 12.1 Å². The number of benzene rings is 1.